The molecule has 4 N–H and O–H groups in total. The van der Waals surface area contributed by atoms with Crippen LogP contribution in [-0.2, 0) is 32.9 Å². The molecule has 0 aliphatic carbocycles. The van der Waals surface area contributed by atoms with Gasteiger partial charge in [-0.2, -0.15) is 0 Å². The highest BCUT2D eigenvalue weighted by Crippen LogP contribution is 2.79. The van der Waals surface area contributed by atoms with Crippen molar-refractivity contribution in [1.29, 1.82) is 0 Å². The fourth-order valence-electron chi connectivity index (χ4n) is 2.62. The largest absolute Gasteiger partial charge is 0.357 e. The fourth-order valence-corrected chi connectivity index (χ4v) is 14.1. The lowest BCUT2D eigenvalue weighted by Crippen LogP contribution is -2.20. The Morgan fingerprint density at radius 2 is 1.35 bits per heavy atom. The summed E-state index contributed by atoms with van der Waals surface area (Å²) in [7, 11) is -18.4. The fraction of sp³-hybridized carbons (Fsp3) is 0.462. The quantitative estimate of drug-likeness (QED) is 0.272. The maximum absolute atomic E-state index is 13.8. The van der Waals surface area contributed by atoms with Gasteiger partial charge >= 0.3 is 15.2 Å². The molecule has 0 amide bonds. The molecule has 0 saturated carbocycles. The second kappa shape index (κ2) is 11.8. The van der Waals surface area contributed by atoms with Crippen LogP contribution in [0.2, 0.25) is 0 Å². The zero-order valence-corrected chi connectivity index (χ0v) is 22.4. The van der Waals surface area contributed by atoms with Gasteiger partial charge < -0.3 is 24.1 Å². The van der Waals surface area contributed by atoms with Crippen LogP contribution in [0.25, 0.3) is 11.0 Å². The van der Waals surface area contributed by atoms with Crippen molar-refractivity contribution >= 4 is 59.7 Å². The van der Waals surface area contributed by atoms with Gasteiger partial charge in [-0.3, -0.25) is 26.4 Å². The standard InChI is InChI=1S/C13H24N2O10P6/c1-26(16)22-30(20,23-27(2)17)12(31(21,24-28(3)18)25-29(4)19)10-15-9-7-11-6-5-8-14-13(11)15/h5-9,12,16-19H,10H2,1-4H3. The third kappa shape index (κ3) is 7.79. The third-order valence-corrected chi connectivity index (χ3v) is 14.4. The van der Waals surface area contributed by atoms with Crippen molar-refractivity contribution in [2.24, 2.45) is 0 Å². The van der Waals surface area contributed by atoms with Gasteiger partial charge in [-0.05, 0) is 18.2 Å². The van der Waals surface area contributed by atoms with E-state index in [9.17, 15) is 28.7 Å². The highest BCUT2D eigenvalue weighted by atomic mass is 31.3. The molecule has 2 heterocycles. The van der Waals surface area contributed by atoms with E-state index >= 15 is 0 Å². The van der Waals surface area contributed by atoms with Crippen LogP contribution >= 0.6 is 48.7 Å². The average molecular weight is 554 g/mol. The summed E-state index contributed by atoms with van der Waals surface area (Å²) in [5.74, 6) is 0. The summed E-state index contributed by atoms with van der Waals surface area (Å²) in [6.45, 7) is 4.50. The highest BCUT2D eigenvalue weighted by molar-refractivity contribution is 7.82. The number of hydrogen-bond acceptors (Lipinski definition) is 11. The van der Waals surface area contributed by atoms with Gasteiger partial charge in [-0.15, -0.1) is 0 Å². The molecule has 2 aromatic rings. The molecule has 2 rings (SSSR count). The van der Waals surface area contributed by atoms with E-state index in [0.717, 1.165) is 5.39 Å². The van der Waals surface area contributed by atoms with Gasteiger partial charge in [-0.1, -0.05) is 0 Å². The molecule has 176 valence electrons. The van der Waals surface area contributed by atoms with Crippen molar-refractivity contribution in [3.8, 4) is 0 Å². The number of rotatable bonds is 12. The number of fused-ring (bicyclic) bond motifs is 1. The summed E-state index contributed by atoms with van der Waals surface area (Å²) < 4.78 is 49.7. The molecule has 0 radical (unpaired) electrons. The molecule has 0 fully saturated rings. The van der Waals surface area contributed by atoms with Gasteiger partial charge in [0.05, 0.1) is 0 Å². The number of aromatic nitrogens is 2. The first-order valence-corrected chi connectivity index (χ1v) is 18.3. The molecule has 0 bridgehead atoms. The lowest BCUT2D eigenvalue weighted by Gasteiger charge is -2.33. The van der Waals surface area contributed by atoms with Crippen molar-refractivity contribution in [2.45, 2.75) is 11.9 Å². The zero-order valence-electron chi connectivity index (χ0n) is 17.0. The van der Waals surface area contributed by atoms with E-state index in [-0.39, 0.29) is 6.54 Å². The topological polar surface area (TPSA) is 170 Å². The first-order chi connectivity index (χ1) is 14.4. The number of pyridine rings is 1. The number of hydrogen-bond donors (Lipinski definition) is 4. The van der Waals surface area contributed by atoms with Crippen LogP contribution in [-0.4, -0.2) is 61.2 Å². The zero-order chi connectivity index (χ0) is 23.4. The predicted octanol–water partition coefficient (Wildman–Crippen LogP) is 4.55. The average Bonchev–Trinajstić information content (AvgIpc) is 2.99. The minimum atomic E-state index is -4.60. The SMILES string of the molecule is CP(O)OP(=O)(OP(C)O)C(Cn1ccc2cccnc21)P(=O)(OP(C)O)OP(C)O. The third-order valence-electron chi connectivity index (χ3n) is 3.54. The van der Waals surface area contributed by atoms with Gasteiger partial charge in [0, 0.05) is 51.0 Å². The summed E-state index contributed by atoms with van der Waals surface area (Å²) in [5, 5.41) is -1.02. The molecular formula is C13H24N2O10P6. The van der Waals surface area contributed by atoms with Crippen molar-refractivity contribution < 1.29 is 45.9 Å². The Morgan fingerprint density at radius 1 is 0.903 bits per heavy atom. The van der Waals surface area contributed by atoms with E-state index in [1.807, 2.05) is 0 Å². The molecule has 0 aromatic carbocycles. The summed E-state index contributed by atoms with van der Waals surface area (Å²) >= 11 is 0. The maximum atomic E-state index is 13.8. The Hall–Kier alpha value is 0.550. The van der Waals surface area contributed by atoms with Gasteiger partial charge in [0.15, 0.2) is 38.9 Å². The first kappa shape index (κ1) is 27.8. The smallest absolute Gasteiger partial charge is 0.350 e. The molecule has 0 aliphatic rings. The Balaban J connectivity index is 2.65. The van der Waals surface area contributed by atoms with Crippen LogP contribution in [0, 0.1) is 0 Å². The molecule has 12 nitrogen and oxygen atoms in total. The van der Waals surface area contributed by atoms with E-state index in [0.29, 0.717) is 5.65 Å². The Bertz CT molecular complexity index is 888. The molecule has 18 heteroatoms. The lowest BCUT2D eigenvalue weighted by molar-refractivity contribution is 0.344. The predicted molar refractivity (Wildman–Crippen MR) is 123 cm³/mol. The summed E-state index contributed by atoms with van der Waals surface area (Å²) in [4.78, 5) is 43.5. The highest BCUT2D eigenvalue weighted by Gasteiger charge is 2.55. The first-order valence-electron chi connectivity index (χ1n) is 8.45. The molecule has 0 saturated heterocycles. The Morgan fingerprint density at radius 3 is 1.77 bits per heavy atom. The van der Waals surface area contributed by atoms with Gasteiger partial charge in [-0.25, -0.2) is 4.98 Å². The molecule has 4 unspecified atom stereocenters. The summed E-state index contributed by atoms with van der Waals surface area (Å²) in [6.07, 6.45) is 3.12. The minimum absolute atomic E-state index is 0.367. The van der Waals surface area contributed by atoms with Gasteiger partial charge in [0.25, 0.3) is 0 Å². The van der Waals surface area contributed by atoms with Gasteiger partial charge in [0.2, 0.25) is 0 Å². The van der Waals surface area contributed by atoms with E-state index in [4.69, 9.17) is 17.2 Å². The second-order valence-electron chi connectivity index (χ2n) is 6.13. The van der Waals surface area contributed by atoms with Crippen molar-refractivity contribution in [3.05, 3.63) is 30.6 Å². The molecule has 4 atom stereocenters. The molecule has 2 aromatic heterocycles. The van der Waals surface area contributed by atoms with Crippen molar-refractivity contribution in [3.63, 3.8) is 0 Å². The second-order valence-corrected chi connectivity index (χ2v) is 16.3. The van der Waals surface area contributed by atoms with E-state index in [1.54, 1.807) is 24.4 Å². The van der Waals surface area contributed by atoms with Gasteiger partial charge in [0.1, 0.15) is 5.65 Å². The van der Waals surface area contributed by atoms with Crippen molar-refractivity contribution in [1.82, 2.24) is 9.55 Å². The minimum Gasteiger partial charge on any atom is -0.350 e. The monoisotopic (exact) mass is 554 g/mol. The Kier molecular flexibility index (Phi) is 10.6. The van der Waals surface area contributed by atoms with Crippen LogP contribution in [0.4, 0.5) is 0 Å². The van der Waals surface area contributed by atoms with Crippen LogP contribution in [0.5, 0.6) is 0 Å². The lowest BCUT2D eigenvalue weighted by atomic mass is 10.3. The van der Waals surface area contributed by atoms with E-state index < -0.39 is 54.1 Å². The van der Waals surface area contributed by atoms with Crippen LogP contribution < -0.4 is 0 Å². The van der Waals surface area contributed by atoms with E-state index in [2.05, 4.69) is 4.98 Å². The Labute approximate surface area is 184 Å². The molecule has 31 heavy (non-hydrogen) atoms. The van der Waals surface area contributed by atoms with Crippen LogP contribution in [0.3, 0.4) is 0 Å². The summed E-state index contributed by atoms with van der Waals surface area (Å²) in [6, 6.07) is 5.22. The normalized spacial score (nSPS) is 21.0. The molecule has 0 aliphatic heterocycles. The molecular weight excluding hydrogens is 530 g/mol. The van der Waals surface area contributed by atoms with E-state index in [1.165, 1.54) is 37.4 Å². The van der Waals surface area contributed by atoms with Crippen molar-refractivity contribution in [2.75, 3.05) is 26.7 Å². The molecule has 0 spiro atoms. The van der Waals surface area contributed by atoms with Crippen LogP contribution in [0.1, 0.15) is 0 Å². The van der Waals surface area contributed by atoms with Crippen LogP contribution in [0.15, 0.2) is 30.6 Å². The number of nitrogens with zero attached hydrogens (tertiary/aromatic N) is 2. The maximum Gasteiger partial charge on any atom is 0.357 e. The summed E-state index contributed by atoms with van der Waals surface area (Å²) in [5.41, 5.74) is 0.446.